The molecule has 0 unspecified atom stereocenters. The molecule has 0 radical (unpaired) electrons. The Bertz CT molecular complexity index is 468. The molecule has 1 heteroatoms. The topological polar surface area (TPSA) is 26.0 Å². The largest absolute Gasteiger partial charge is 0.405 e. The number of hydrogen-bond donors (Lipinski definition) is 1. The molecule has 0 aromatic heterocycles. The molecular weight excluding hydrogens is 218 g/mol. The highest BCUT2D eigenvalue weighted by molar-refractivity contribution is 5.67. The highest BCUT2D eigenvalue weighted by atomic mass is 14.5. The van der Waals surface area contributed by atoms with E-state index in [9.17, 15) is 0 Å². The minimum Gasteiger partial charge on any atom is -0.405 e. The van der Waals surface area contributed by atoms with Crippen LogP contribution in [0.3, 0.4) is 0 Å². The summed E-state index contributed by atoms with van der Waals surface area (Å²) in [5.74, 6) is 0. The molecule has 18 heavy (non-hydrogen) atoms. The second-order valence-electron chi connectivity index (χ2n) is 3.90. The first-order valence-corrected chi connectivity index (χ1v) is 6.29. The van der Waals surface area contributed by atoms with E-state index in [-0.39, 0.29) is 0 Å². The van der Waals surface area contributed by atoms with E-state index in [2.05, 4.69) is 61.5 Å². The predicted molar refractivity (Wildman–Crippen MR) is 80.3 cm³/mol. The summed E-state index contributed by atoms with van der Waals surface area (Å²) in [6.07, 6.45) is 4.37. The molecule has 0 amide bonds. The van der Waals surface area contributed by atoms with E-state index in [4.69, 9.17) is 5.73 Å². The van der Waals surface area contributed by atoms with Gasteiger partial charge in [-0.2, -0.15) is 0 Å². The van der Waals surface area contributed by atoms with Crippen LogP contribution < -0.4 is 5.73 Å². The Labute approximate surface area is 110 Å². The number of nitrogens with two attached hydrogens (primary N) is 1. The summed E-state index contributed by atoms with van der Waals surface area (Å²) in [6, 6.07) is 19.1. The Balaban J connectivity index is 0.000000357. The Hall–Kier alpha value is -2.02. The van der Waals surface area contributed by atoms with E-state index in [1.54, 1.807) is 6.08 Å². The van der Waals surface area contributed by atoms with Gasteiger partial charge in [0.05, 0.1) is 0 Å². The van der Waals surface area contributed by atoms with Gasteiger partial charge >= 0.3 is 0 Å². The first kappa shape index (κ1) is 14.0. The lowest BCUT2D eigenvalue weighted by molar-refractivity contribution is 1.14. The van der Waals surface area contributed by atoms with Gasteiger partial charge in [-0.3, -0.25) is 0 Å². The quantitative estimate of drug-likeness (QED) is 0.826. The molecular formula is C17H21N. The summed E-state index contributed by atoms with van der Waals surface area (Å²) in [7, 11) is 0. The molecule has 0 spiro atoms. The van der Waals surface area contributed by atoms with Crippen LogP contribution in [-0.2, 0) is 6.42 Å². The number of aryl methyl sites for hydroxylation is 1. The van der Waals surface area contributed by atoms with Crippen LogP contribution in [0.25, 0.3) is 11.1 Å². The molecule has 0 heterocycles. The summed E-state index contributed by atoms with van der Waals surface area (Å²) in [5.41, 5.74) is 8.93. The SMILES string of the molecule is C/C=C\N.CCc1ccccc1-c1ccccc1. The van der Waals surface area contributed by atoms with Crippen LogP contribution in [0.1, 0.15) is 19.4 Å². The molecule has 2 N–H and O–H groups in total. The van der Waals surface area contributed by atoms with Crippen LogP contribution >= 0.6 is 0 Å². The number of allylic oxidation sites excluding steroid dienone is 1. The maximum absolute atomic E-state index is 4.85. The third kappa shape index (κ3) is 4.10. The summed E-state index contributed by atoms with van der Waals surface area (Å²) in [6.45, 7) is 4.07. The van der Waals surface area contributed by atoms with Crippen molar-refractivity contribution in [3.63, 3.8) is 0 Å². The van der Waals surface area contributed by atoms with E-state index in [1.807, 2.05) is 6.92 Å². The van der Waals surface area contributed by atoms with Crippen molar-refractivity contribution < 1.29 is 0 Å². The zero-order valence-electron chi connectivity index (χ0n) is 11.1. The second-order valence-corrected chi connectivity index (χ2v) is 3.90. The predicted octanol–water partition coefficient (Wildman–Crippen LogP) is 4.39. The molecule has 2 aromatic carbocycles. The zero-order chi connectivity index (χ0) is 13.2. The molecule has 1 nitrogen and oxygen atoms in total. The molecule has 0 bridgehead atoms. The van der Waals surface area contributed by atoms with E-state index in [1.165, 1.54) is 22.9 Å². The fraction of sp³-hybridized carbons (Fsp3) is 0.176. The van der Waals surface area contributed by atoms with Crippen molar-refractivity contribution in [1.29, 1.82) is 0 Å². The number of benzene rings is 2. The first-order chi connectivity index (χ1) is 8.83. The number of rotatable bonds is 2. The number of hydrogen-bond acceptors (Lipinski definition) is 1. The van der Waals surface area contributed by atoms with Gasteiger partial charge in [0.25, 0.3) is 0 Å². The minimum absolute atomic E-state index is 1.09. The summed E-state index contributed by atoms with van der Waals surface area (Å²) in [4.78, 5) is 0. The molecule has 0 saturated carbocycles. The lowest BCUT2D eigenvalue weighted by Gasteiger charge is -2.06. The van der Waals surface area contributed by atoms with Crippen LogP contribution in [0, 0.1) is 0 Å². The fourth-order valence-corrected chi connectivity index (χ4v) is 1.73. The molecule has 0 atom stereocenters. The van der Waals surface area contributed by atoms with Crippen molar-refractivity contribution in [2.45, 2.75) is 20.3 Å². The normalized spacial score (nSPS) is 9.89. The van der Waals surface area contributed by atoms with Crippen LogP contribution in [0.2, 0.25) is 0 Å². The van der Waals surface area contributed by atoms with Gasteiger partial charge in [0.1, 0.15) is 0 Å². The highest BCUT2D eigenvalue weighted by Crippen LogP contribution is 2.23. The maximum Gasteiger partial charge on any atom is -0.0106 e. The Morgan fingerprint density at radius 2 is 1.50 bits per heavy atom. The van der Waals surface area contributed by atoms with Crippen molar-refractivity contribution in [2.24, 2.45) is 5.73 Å². The summed E-state index contributed by atoms with van der Waals surface area (Å²) < 4.78 is 0. The molecule has 0 fully saturated rings. The Morgan fingerprint density at radius 3 is 2.06 bits per heavy atom. The van der Waals surface area contributed by atoms with Gasteiger partial charge in [0.2, 0.25) is 0 Å². The van der Waals surface area contributed by atoms with Gasteiger partial charge < -0.3 is 5.73 Å². The van der Waals surface area contributed by atoms with Gasteiger partial charge in [0, 0.05) is 0 Å². The maximum atomic E-state index is 4.85. The third-order valence-electron chi connectivity index (χ3n) is 2.68. The molecule has 0 aliphatic rings. The molecule has 94 valence electrons. The van der Waals surface area contributed by atoms with Crippen molar-refractivity contribution in [1.82, 2.24) is 0 Å². The van der Waals surface area contributed by atoms with E-state index in [0.717, 1.165) is 6.42 Å². The monoisotopic (exact) mass is 239 g/mol. The summed E-state index contributed by atoms with van der Waals surface area (Å²) >= 11 is 0. The summed E-state index contributed by atoms with van der Waals surface area (Å²) in [5, 5.41) is 0. The van der Waals surface area contributed by atoms with E-state index >= 15 is 0 Å². The van der Waals surface area contributed by atoms with Crippen LogP contribution in [-0.4, -0.2) is 0 Å². The van der Waals surface area contributed by atoms with Gasteiger partial charge in [0.15, 0.2) is 0 Å². The lowest BCUT2D eigenvalue weighted by Crippen LogP contribution is -1.85. The average molecular weight is 239 g/mol. The van der Waals surface area contributed by atoms with E-state index < -0.39 is 0 Å². The van der Waals surface area contributed by atoms with Crippen molar-refractivity contribution in [3.8, 4) is 11.1 Å². The third-order valence-corrected chi connectivity index (χ3v) is 2.68. The fourth-order valence-electron chi connectivity index (χ4n) is 1.73. The lowest BCUT2D eigenvalue weighted by atomic mass is 9.98. The standard InChI is InChI=1S/C14H14.C3H7N/c1-2-12-8-6-7-11-14(12)13-9-4-3-5-10-13;1-2-3-4/h3-11H,2H2,1H3;2-3H,4H2,1H3/b;3-2-. The van der Waals surface area contributed by atoms with Gasteiger partial charge in [-0.1, -0.05) is 67.6 Å². The van der Waals surface area contributed by atoms with Crippen LogP contribution in [0.4, 0.5) is 0 Å². The molecule has 0 aliphatic heterocycles. The highest BCUT2D eigenvalue weighted by Gasteiger charge is 2.00. The van der Waals surface area contributed by atoms with Crippen LogP contribution in [0.5, 0.6) is 0 Å². The van der Waals surface area contributed by atoms with Gasteiger partial charge in [-0.15, -0.1) is 0 Å². The van der Waals surface area contributed by atoms with Crippen molar-refractivity contribution >= 4 is 0 Å². The molecule has 0 aliphatic carbocycles. The Kier molecular flexibility index (Phi) is 6.34. The first-order valence-electron chi connectivity index (χ1n) is 6.29. The molecule has 0 saturated heterocycles. The smallest absolute Gasteiger partial charge is 0.0106 e. The second kappa shape index (κ2) is 8.13. The zero-order valence-corrected chi connectivity index (χ0v) is 11.1. The van der Waals surface area contributed by atoms with Crippen molar-refractivity contribution in [3.05, 3.63) is 72.4 Å². The minimum atomic E-state index is 1.09. The van der Waals surface area contributed by atoms with Gasteiger partial charge in [-0.05, 0) is 36.2 Å². The van der Waals surface area contributed by atoms with Crippen molar-refractivity contribution in [2.75, 3.05) is 0 Å². The molecule has 2 aromatic rings. The van der Waals surface area contributed by atoms with Gasteiger partial charge in [-0.25, -0.2) is 0 Å². The average Bonchev–Trinajstić information content (AvgIpc) is 2.48. The van der Waals surface area contributed by atoms with Crippen LogP contribution in [0.15, 0.2) is 66.9 Å². The molecule has 2 rings (SSSR count). The Morgan fingerprint density at radius 1 is 0.944 bits per heavy atom. The van der Waals surface area contributed by atoms with E-state index in [0.29, 0.717) is 0 Å².